The summed E-state index contributed by atoms with van der Waals surface area (Å²) in [7, 11) is 0.778. The number of sulfonamides is 1. The van der Waals surface area contributed by atoms with Crippen LogP contribution < -0.4 is 15.2 Å². The molecule has 0 saturated heterocycles. The van der Waals surface area contributed by atoms with Gasteiger partial charge in [-0.05, 0) is 41.3 Å². The van der Waals surface area contributed by atoms with Crippen LogP contribution in [0.2, 0.25) is 0 Å². The third-order valence-corrected chi connectivity index (χ3v) is 7.61. The number of fused-ring (bicyclic) bond motifs is 1. The standard InChI is InChI=1S/C23H25N3O5S/c1-25-14-17(12-19(25)23(24)27)32(28,29)26-10-9-16-11-20(30-2)21(31-3)13-18(16)22(26)15-7-5-4-6-8-15/h4-8,11-14,22H,9-10H2,1-3H3,(H2,24,27). The second kappa shape index (κ2) is 8.33. The van der Waals surface area contributed by atoms with Gasteiger partial charge in [-0.3, -0.25) is 4.79 Å². The van der Waals surface area contributed by atoms with E-state index in [4.69, 9.17) is 15.2 Å². The van der Waals surface area contributed by atoms with E-state index in [0.717, 1.165) is 16.7 Å². The number of hydrogen-bond acceptors (Lipinski definition) is 5. The molecule has 0 spiro atoms. The fraction of sp³-hybridized carbons (Fsp3) is 0.261. The van der Waals surface area contributed by atoms with Gasteiger partial charge in [-0.15, -0.1) is 0 Å². The molecule has 0 aliphatic carbocycles. The van der Waals surface area contributed by atoms with Crippen LogP contribution in [-0.2, 0) is 23.5 Å². The first-order valence-corrected chi connectivity index (χ1v) is 11.5. The fourth-order valence-corrected chi connectivity index (χ4v) is 5.89. The Morgan fingerprint density at radius 2 is 1.72 bits per heavy atom. The molecule has 0 fully saturated rings. The van der Waals surface area contributed by atoms with Crippen molar-refractivity contribution in [3.05, 3.63) is 77.1 Å². The molecule has 1 aliphatic rings. The van der Waals surface area contributed by atoms with E-state index in [-0.39, 0.29) is 17.1 Å². The molecular formula is C23H25N3O5S. The number of primary amides is 1. The number of aromatic nitrogens is 1. The van der Waals surface area contributed by atoms with Crippen LogP contribution in [0.3, 0.4) is 0 Å². The van der Waals surface area contributed by atoms with E-state index in [0.29, 0.717) is 17.9 Å². The molecule has 9 heteroatoms. The van der Waals surface area contributed by atoms with Crippen LogP contribution in [0.25, 0.3) is 0 Å². The summed E-state index contributed by atoms with van der Waals surface area (Å²) < 4.78 is 41.3. The van der Waals surface area contributed by atoms with Crippen LogP contribution in [0, 0.1) is 0 Å². The predicted octanol–water partition coefficient (Wildman–Crippen LogP) is 2.48. The van der Waals surface area contributed by atoms with Gasteiger partial charge in [0.15, 0.2) is 11.5 Å². The molecule has 0 saturated carbocycles. The highest BCUT2D eigenvalue weighted by Gasteiger charge is 2.39. The first kappa shape index (κ1) is 21.9. The molecule has 1 amide bonds. The SMILES string of the molecule is COc1cc2c(cc1OC)C(c1ccccc1)N(S(=O)(=O)c1cc(C(N)=O)n(C)c1)CC2. The van der Waals surface area contributed by atoms with E-state index in [9.17, 15) is 13.2 Å². The second-order valence-corrected chi connectivity index (χ2v) is 9.51. The zero-order valence-electron chi connectivity index (χ0n) is 18.1. The van der Waals surface area contributed by atoms with Gasteiger partial charge in [0, 0.05) is 19.8 Å². The summed E-state index contributed by atoms with van der Waals surface area (Å²) in [5.41, 5.74) is 8.18. The van der Waals surface area contributed by atoms with E-state index < -0.39 is 22.0 Å². The number of aryl methyl sites for hydroxylation is 1. The molecule has 168 valence electrons. The molecule has 8 nitrogen and oxygen atoms in total. The maximum absolute atomic E-state index is 13.8. The first-order chi connectivity index (χ1) is 15.3. The lowest BCUT2D eigenvalue weighted by Gasteiger charge is -2.37. The smallest absolute Gasteiger partial charge is 0.265 e. The van der Waals surface area contributed by atoms with Crippen molar-refractivity contribution in [1.82, 2.24) is 8.87 Å². The summed E-state index contributed by atoms with van der Waals surface area (Å²) in [4.78, 5) is 11.7. The molecule has 0 radical (unpaired) electrons. The summed E-state index contributed by atoms with van der Waals surface area (Å²) in [5, 5.41) is 0. The number of methoxy groups -OCH3 is 2. The van der Waals surface area contributed by atoms with Gasteiger partial charge >= 0.3 is 0 Å². The van der Waals surface area contributed by atoms with Crippen molar-refractivity contribution in [3.63, 3.8) is 0 Å². The van der Waals surface area contributed by atoms with Crippen molar-refractivity contribution in [3.8, 4) is 11.5 Å². The highest BCUT2D eigenvalue weighted by atomic mass is 32.2. The average molecular weight is 456 g/mol. The zero-order valence-corrected chi connectivity index (χ0v) is 18.9. The predicted molar refractivity (Wildman–Crippen MR) is 119 cm³/mol. The van der Waals surface area contributed by atoms with Crippen molar-refractivity contribution >= 4 is 15.9 Å². The summed E-state index contributed by atoms with van der Waals surface area (Å²) in [5.74, 6) is 0.445. The van der Waals surface area contributed by atoms with Gasteiger partial charge in [0.1, 0.15) is 10.6 Å². The van der Waals surface area contributed by atoms with E-state index in [1.54, 1.807) is 21.3 Å². The quantitative estimate of drug-likeness (QED) is 0.615. The van der Waals surface area contributed by atoms with Crippen molar-refractivity contribution in [2.75, 3.05) is 20.8 Å². The number of nitrogens with zero attached hydrogens (tertiary/aromatic N) is 2. The number of ether oxygens (including phenoxy) is 2. The minimum absolute atomic E-state index is 0.0265. The molecule has 1 aromatic heterocycles. The fourth-order valence-electron chi connectivity index (χ4n) is 4.22. The Hall–Kier alpha value is -3.30. The number of carbonyl (C=O) groups excluding carboxylic acids is 1. The van der Waals surface area contributed by atoms with Gasteiger partial charge in [0.25, 0.3) is 5.91 Å². The van der Waals surface area contributed by atoms with Crippen LogP contribution in [0.15, 0.2) is 59.6 Å². The lowest BCUT2D eigenvalue weighted by molar-refractivity contribution is 0.0992. The summed E-state index contributed by atoms with van der Waals surface area (Å²) in [6.45, 7) is 0.269. The second-order valence-electron chi connectivity index (χ2n) is 7.62. The summed E-state index contributed by atoms with van der Waals surface area (Å²) in [6.07, 6.45) is 1.93. The largest absolute Gasteiger partial charge is 0.493 e. The third-order valence-electron chi connectivity index (χ3n) is 5.78. The van der Waals surface area contributed by atoms with Gasteiger partial charge in [-0.25, -0.2) is 8.42 Å². The molecule has 1 aliphatic heterocycles. The van der Waals surface area contributed by atoms with Gasteiger partial charge in [-0.1, -0.05) is 30.3 Å². The van der Waals surface area contributed by atoms with E-state index in [2.05, 4.69) is 0 Å². The lowest BCUT2D eigenvalue weighted by Crippen LogP contribution is -2.40. The molecule has 3 aromatic rings. The van der Waals surface area contributed by atoms with E-state index in [1.807, 2.05) is 42.5 Å². The first-order valence-electron chi connectivity index (χ1n) is 10.1. The van der Waals surface area contributed by atoms with Crippen molar-refractivity contribution in [1.29, 1.82) is 0 Å². The molecule has 32 heavy (non-hydrogen) atoms. The zero-order chi connectivity index (χ0) is 23.0. The highest BCUT2D eigenvalue weighted by molar-refractivity contribution is 7.89. The Labute approximate surface area is 187 Å². The Bertz CT molecular complexity index is 1270. The number of amides is 1. The maximum Gasteiger partial charge on any atom is 0.265 e. The maximum atomic E-state index is 13.8. The van der Waals surface area contributed by atoms with Crippen LogP contribution in [0.1, 0.15) is 33.2 Å². The Morgan fingerprint density at radius 3 is 2.31 bits per heavy atom. The minimum atomic E-state index is -3.94. The van der Waals surface area contributed by atoms with Crippen molar-refractivity contribution in [2.45, 2.75) is 17.4 Å². The molecule has 1 unspecified atom stereocenters. The molecule has 0 bridgehead atoms. The van der Waals surface area contributed by atoms with Crippen LogP contribution in [0.5, 0.6) is 11.5 Å². The Kier molecular flexibility index (Phi) is 5.70. The molecular weight excluding hydrogens is 430 g/mol. The third kappa shape index (κ3) is 3.63. The molecule has 2 heterocycles. The van der Waals surface area contributed by atoms with Crippen molar-refractivity contribution in [2.24, 2.45) is 12.8 Å². The van der Waals surface area contributed by atoms with Gasteiger partial charge in [0.2, 0.25) is 10.0 Å². The van der Waals surface area contributed by atoms with Gasteiger partial charge in [-0.2, -0.15) is 4.31 Å². The van der Waals surface area contributed by atoms with Crippen LogP contribution in [0.4, 0.5) is 0 Å². The number of benzene rings is 2. The number of carbonyl (C=O) groups is 1. The lowest BCUT2D eigenvalue weighted by atomic mass is 9.89. The Balaban J connectivity index is 1.89. The topological polar surface area (TPSA) is 104 Å². The Morgan fingerprint density at radius 1 is 1.06 bits per heavy atom. The van der Waals surface area contributed by atoms with Crippen LogP contribution in [-0.4, -0.2) is 44.0 Å². The normalized spacial score (nSPS) is 16.4. The minimum Gasteiger partial charge on any atom is -0.493 e. The van der Waals surface area contributed by atoms with Crippen molar-refractivity contribution < 1.29 is 22.7 Å². The molecule has 2 aromatic carbocycles. The number of nitrogens with two attached hydrogens (primary N) is 1. The summed E-state index contributed by atoms with van der Waals surface area (Å²) >= 11 is 0. The molecule has 4 rings (SSSR count). The highest BCUT2D eigenvalue weighted by Crippen LogP contribution is 2.43. The number of hydrogen-bond donors (Lipinski definition) is 1. The monoisotopic (exact) mass is 455 g/mol. The van der Waals surface area contributed by atoms with Crippen LogP contribution >= 0.6 is 0 Å². The van der Waals surface area contributed by atoms with Gasteiger partial charge < -0.3 is 19.8 Å². The number of rotatable bonds is 6. The molecule has 2 N–H and O–H groups in total. The summed E-state index contributed by atoms with van der Waals surface area (Å²) in [6, 6.07) is 13.9. The van der Waals surface area contributed by atoms with E-state index >= 15 is 0 Å². The van der Waals surface area contributed by atoms with Gasteiger partial charge in [0.05, 0.1) is 20.3 Å². The average Bonchev–Trinajstić information content (AvgIpc) is 3.20. The van der Waals surface area contributed by atoms with E-state index in [1.165, 1.54) is 21.1 Å². The molecule has 1 atom stereocenters.